The molecule has 0 saturated heterocycles. The van der Waals surface area contributed by atoms with E-state index in [0.717, 1.165) is 0 Å². The highest BCUT2D eigenvalue weighted by Crippen LogP contribution is 2.37. The van der Waals surface area contributed by atoms with Crippen molar-refractivity contribution in [1.29, 1.82) is 0 Å². The molecule has 0 aliphatic heterocycles. The summed E-state index contributed by atoms with van der Waals surface area (Å²) in [7, 11) is 0. The van der Waals surface area contributed by atoms with Gasteiger partial charge in [0.25, 0.3) is 0 Å². The van der Waals surface area contributed by atoms with Crippen LogP contribution in [0.1, 0.15) is 38.7 Å². The number of carboxylic acid groups (broad SMARTS) is 1. The largest absolute Gasteiger partial charge is 0.481 e. The van der Waals surface area contributed by atoms with E-state index >= 15 is 0 Å². The highest BCUT2D eigenvalue weighted by atomic mass is 19.3. The van der Waals surface area contributed by atoms with Crippen molar-refractivity contribution in [3.8, 4) is 5.75 Å². The second-order valence-corrected chi connectivity index (χ2v) is 5.30. The lowest BCUT2D eigenvalue weighted by Crippen LogP contribution is -2.26. The molecule has 0 bridgehead atoms. The van der Waals surface area contributed by atoms with E-state index < -0.39 is 18.5 Å². The number of hydrogen-bond donors (Lipinski definition) is 2. The van der Waals surface area contributed by atoms with Crippen molar-refractivity contribution in [2.75, 3.05) is 5.73 Å². The molecule has 0 radical (unpaired) electrons. The van der Waals surface area contributed by atoms with Crippen LogP contribution in [0.15, 0.2) is 18.2 Å². The maximum Gasteiger partial charge on any atom is 0.387 e. The number of carboxylic acids is 1. The van der Waals surface area contributed by atoms with E-state index in [4.69, 9.17) is 5.73 Å². The van der Waals surface area contributed by atoms with E-state index in [1.54, 1.807) is 0 Å². The van der Waals surface area contributed by atoms with Gasteiger partial charge in [0.1, 0.15) is 5.75 Å². The zero-order chi connectivity index (χ0) is 16.2. The number of aliphatic carboxylic acids is 1. The number of rotatable bonds is 7. The third-order valence-corrected chi connectivity index (χ3v) is 3.64. The van der Waals surface area contributed by atoms with Crippen molar-refractivity contribution >= 4 is 11.7 Å². The van der Waals surface area contributed by atoms with Crippen molar-refractivity contribution < 1.29 is 23.4 Å². The van der Waals surface area contributed by atoms with E-state index in [-0.39, 0.29) is 23.3 Å². The predicted octanol–water partition coefficient (Wildman–Crippen LogP) is 3.72. The smallest absolute Gasteiger partial charge is 0.387 e. The zero-order valence-electron chi connectivity index (χ0n) is 12.3. The highest BCUT2D eigenvalue weighted by Gasteiger charge is 2.32. The Bertz CT molecular complexity index is 492. The molecule has 2 unspecified atom stereocenters. The monoisotopic (exact) mass is 301 g/mol. The first-order valence-electron chi connectivity index (χ1n) is 6.84. The summed E-state index contributed by atoms with van der Waals surface area (Å²) in [6.07, 6.45) is 0.647. The van der Waals surface area contributed by atoms with Gasteiger partial charge in [-0.25, -0.2) is 0 Å². The van der Waals surface area contributed by atoms with E-state index in [1.807, 2.05) is 20.8 Å². The molecule has 6 heteroatoms. The fraction of sp³-hybridized carbons (Fsp3) is 0.533. The molecule has 3 N–H and O–H groups in total. The summed E-state index contributed by atoms with van der Waals surface area (Å²) < 4.78 is 28.9. The number of benzene rings is 1. The quantitative estimate of drug-likeness (QED) is 0.753. The topological polar surface area (TPSA) is 72.5 Å². The Morgan fingerprint density at radius 1 is 1.38 bits per heavy atom. The molecular formula is C15H21F2NO3. The van der Waals surface area contributed by atoms with Crippen LogP contribution in [0.5, 0.6) is 5.75 Å². The van der Waals surface area contributed by atoms with Crippen LogP contribution >= 0.6 is 0 Å². The first kappa shape index (κ1) is 17.2. The maximum absolute atomic E-state index is 12.3. The second-order valence-electron chi connectivity index (χ2n) is 5.30. The molecule has 0 aliphatic carbocycles. The molecule has 0 saturated carbocycles. The molecule has 1 aromatic carbocycles. The third kappa shape index (κ3) is 4.31. The number of halogens is 2. The Labute approximate surface area is 122 Å². The third-order valence-electron chi connectivity index (χ3n) is 3.64. The molecule has 1 rings (SSSR count). The maximum atomic E-state index is 12.3. The van der Waals surface area contributed by atoms with Gasteiger partial charge in [-0.05, 0) is 35.6 Å². The van der Waals surface area contributed by atoms with Crippen LogP contribution < -0.4 is 10.5 Å². The molecule has 0 heterocycles. The van der Waals surface area contributed by atoms with E-state index in [2.05, 4.69) is 4.74 Å². The summed E-state index contributed by atoms with van der Waals surface area (Å²) in [5.41, 5.74) is 6.43. The van der Waals surface area contributed by atoms with Crippen LogP contribution in [0.3, 0.4) is 0 Å². The average Bonchev–Trinajstić information content (AvgIpc) is 2.37. The van der Waals surface area contributed by atoms with Gasteiger partial charge in [0.15, 0.2) is 0 Å². The van der Waals surface area contributed by atoms with E-state index in [0.29, 0.717) is 12.0 Å². The first-order chi connectivity index (χ1) is 9.77. The Balaban J connectivity index is 3.27. The number of alkyl halides is 2. The number of ether oxygens (including phenoxy) is 1. The van der Waals surface area contributed by atoms with Gasteiger partial charge < -0.3 is 15.6 Å². The Morgan fingerprint density at radius 3 is 2.43 bits per heavy atom. The molecule has 0 amide bonds. The van der Waals surface area contributed by atoms with Crippen LogP contribution in [-0.2, 0) is 4.79 Å². The predicted molar refractivity (Wildman–Crippen MR) is 76.5 cm³/mol. The van der Waals surface area contributed by atoms with Crippen molar-refractivity contribution in [2.45, 2.75) is 39.7 Å². The van der Waals surface area contributed by atoms with Crippen molar-refractivity contribution in [3.05, 3.63) is 23.8 Å². The average molecular weight is 301 g/mol. The van der Waals surface area contributed by atoms with Gasteiger partial charge >= 0.3 is 12.6 Å². The molecule has 0 aromatic heterocycles. The molecular weight excluding hydrogens is 280 g/mol. The van der Waals surface area contributed by atoms with Crippen LogP contribution in [0.25, 0.3) is 0 Å². The van der Waals surface area contributed by atoms with Gasteiger partial charge in [0.2, 0.25) is 0 Å². The lowest BCUT2D eigenvalue weighted by molar-refractivity contribution is -0.140. The van der Waals surface area contributed by atoms with Crippen molar-refractivity contribution in [2.24, 2.45) is 11.8 Å². The van der Waals surface area contributed by atoms with Gasteiger partial charge in [0.05, 0.1) is 5.92 Å². The second kappa shape index (κ2) is 7.24. The number of nitrogens with two attached hydrogens (primary N) is 1. The van der Waals surface area contributed by atoms with Gasteiger partial charge in [-0.1, -0.05) is 27.2 Å². The zero-order valence-corrected chi connectivity index (χ0v) is 12.3. The molecule has 2 atom stereocenters. The van der Waals surface area contributed by atoms with Crippen LogP contribution in [0.4, 0.5) is 14.5 Å². The minimum atomic E-state index is -2.96. The van der Waals surface area contributed by atoms with Crippen molar-refractivity contribution in [3.63, 3.8) is 0 Å². The first-order valence-corrected chi connectivity index (χ1v) is 6.84. The molecule has 21 heavy (non-hydrogen) atoms. The molecule has 4 nitrogen and oxygen atoms in total. The Kier molecular flexibility index (Phi) is 5.93. The molecule has 118 valence electrons. The van der Waals surface area contributed by atoms with Gasteiger partial charge in [-0.2, -0.15) is 8.78 Å². The number of nitrogen functional groups attached to an aromatic ring is 1. The molecule has 0 fully saturated rings. The SMILES string of the molecule is CCC(C(C)C)C(C(=O)O)c1cc(OC(F)F)ccc1N. The summed E-state index contributed by atoms with van der Waals surface area (Å²) in [4.78, 5) is 11.6. The molecule has 0 spiro atoms. The Morgan fingerprint density at radius 2 is 2.00 bits per heavy atom. The number of hydrogen-bond acceptors (Lipinski definition) is 3. The van der Waals surface area contributed by atoms with Gasteiger partial charge in [-0.15, -0.1) is 0 Å². The minimum absolute atomic E-state index is 0.0842. The van der Waals surface area contributed by atoms with Gasteiger partial charge in [-0.3, -0.25) is 4.79 Å². The van der Waals surface area contributed by atoms with E-state index in [1.165, 1.54) is 18.2 Å². The summed E-state index contributed by atoms with van der Waals surface area (Å²) >= 11 is 0. The van der Waals surface area contributed by atoms with Crippen LogP contribution in [0.2, 0.25) is 0 Å². The Hall–Kier alpha value is -1.85. The van der Waals surface area contributed by atoms with Crippen LogP contribution in [-0.4, -0.2) is 17.7 Å². The molecule has 0 aliphatic rings. The standard InChI is InChI=1S/C15H21F2NO3/c1-4-10(8(2)3)13(14(19)20)11-7-9(21-15(16)17)5-6-12(11)18/h5-8,10,13,15H,4,18H2,1-3H3,(H,19,20). The lowest BCUT2D eigenvalue weighted by atomic mass is 9.77. The summed E-state index contributed by atoms with van der Waals surface area (Å²) in [6.45, 7) is 2.80. The molecule has 1 aromatic rings. The lowest BCUT2D eigenvalue weighted by Gasteiger charge is -2.27. The summed E-state index contributed by atoms with van der Waals surface area (Å²) in [5, 5.41) is 9.53. The fourth-order valence-corrected chi connectivity index (χ4v) is 2.64. The van der Waals surface area contributed by atoms with Gasteiger partial charge in [0, 0.05) is 5.69 Å². The van der Waals surface area contributed by atoms with E-state index in [9.17, 15) is 18.7 Å². The highest BCUT2D eigenvalue weighted by molar-refractivity contribution is 5.79. The fourth-order valence-electron chi connectivity index (χ4n) is 2.64. The minimum Gasteiger partial charge on any atom is -0.481 e. The van der Waals surface area contributed by atoms with Crippen molar-refractivity contribution in [1.82, 2.24) is 0 Å². The summed E-state index contributed by atoms with van der Waals surface area (Å²) in [6, 6.07) is 4.00. The van der Waals surface area contributed by atoms with Crippen LogP contribution in [0, 0.1) is 11.8 Å². The number of carbonyl (C=O) groups is 1. The number of anilines is 1. The normalized spacial score (nSPS) is 14.2. The summed E-state index contributed by atoms with van der Waals surface area (Å²) in [5.74, 6) is -1.98.